The summed E-state index contributed by atoms with van der Waals surface area (Å²) in [6.07, 6.45) is 2.26. The second-order valence-electron chi connectivity index (χ2n) is 2.45. The van der Waals surface area contributed by atoms with Crippen molar-refractivity contribution in [3.63, 3.8) is 0 Å². The molecule has 1 aromatic heterocycles. The first-order valence-electron chi connectivity index (χ1n) is 3.68. The number of nitrogens with zero attached hydrogens (tertiary/aromatic N) is 3. The van der Waals surface area contributed by atoms with Crippen LogP contribution >= 0.6 is 0 Å². The van der Waals surface area contributed by atoms with Crippen LogP contribution in [-0.4, -0.2) is 39.5 Å². The first kappa shape index (κ1) is 7.23. The third-order valence-electron chi connectivity index (χ3n) is 1.61. The smallest absolute Gasteiger partial charge is 0.271 e. The fourth-order valence-corrected chi connectivity index (χ4v) is 1.04. The third kappa shape index (κ3) is 1.16. The molecular formula is C6H8N4O2. The predicted molar refractivity (Wildman–Crippen MR) is 38.0 cm³/mol. The summed E-state index contributed by atoms with van der Waals surface area (Å²) in [6.45, 7) is 1.23. The molecule has 0 aromatic carbocycles. The predicted octanol–water partition coefficient (Wildman–Crippen LogP) is -0.418. The standard InChI is InChI=1S/C6H8N4O2/c11-6(5-4-7-9-8-5)10-2-1-3-12-10/h4H,1-3H2,(H,7,8,9). The molecule has 0 aliphatic carbocycles. The van der Waals surface area contributed by atoms with E-state index in [0.29, 0.717) is 13.2 Å². The van der Waals surface area contributed by atoms with Gasteiger partial charge < -0.3 is 0 Å². The summed E-state index contributed by atoms with van der Waals surface area (Å²) < 4.78 is 0. The highest BCUT2D eigenvalue weighted by Gasteiger charge is 2.22. The molecule has 0 saturated carbocycles. The Balaban J connectivity index is 2.09. The molecule has 1 N–H and O–H groups in total. The molecule has 6 nitrogen and oxygen atoms in total. The van der Waals surface area contributed by atoms with Crippen LogP contribution in [-0.2, 0) is 4.84 Å². The fourth-order valence-electron chi connectivity index (χ4n) is 1.04. The molecule has 2 rings (SSSR count). The molecule has 1 saturated heterocycles. The van der Waals surface area contributed by atoms with Gasteiger partial charge in [0.2, 0.25) is 0 Å². The van der Waals surface area contributed by atoms with E-state index in [9.17, 15) is 4.79 Å². The number of aromatic nitrogens is 3. The molecule has 1 aromatic rings. The van der Waals surface area contributed by atoms with Crippen LogP contribution in [0.2, 0.25) is 0 Å². The van der Waals surface area contributed by atoms with Crippen molar-refractivity contribution in [3.8, 4) is 0 Å². The number of aromatic amines is 1. The van der Waals surface area contributed by atoms with Gasteiger partial charge in [0, 0.05) is 0 Å². The highest BCUT2D eigenvalue weighted by atomic mass is 16.7. The summed E-state index contributed by atoms with van der Waals surface area (Å²) in [5.41, 5.74) is 0.289. The summed E-state index contributed by atoms with van der Waals surface area (Å²) in [5.74, 6) is -0.235. The van der Waals surface area contributed by atoms with Crippen molar-refractivity contribution in [1.29, 1.82) is 0 Å². The Labute approximate surface area is 68.5 Å². The van der Waals surface area contributed by atoms with E-state index >= 15 is 0 Å². The molecule has 64 valence electrons. The van der Waals surface area contributed by atoms with E-state index in [1.54, 1.807) is 0 Å². The van der Waals surface area contributed by atoms with Gasteiger partial charge >= 0.3 is 0 Å². The van der Waals surface area contributed by atoms with Gasteiger partial charge in [-0.15, -0.1) is 0 Å². The zero-order chi connectivity index (χ0) is 8.39. The van der Waals surface area contributed by atoms with Gasteiger partial charge in [0.05, 0.1) is 19.3 Å². The van der Waals surface area contributed by atoms with Crippen molar-refractivity contribution in [2.75, 3.05) is 13.2 Å². The van der Waals surface area contributed by atoms with Crippen LogP contribution in [0.1, 0.15) is 16.9 Å². The molecule has 0 atom stereocenters. The zero-order valence-corrected chi connectivity index (χ0v) is 6.36. The van der Waals surface area contributed by atoms with Crippen molar-refractivity contribution in [3.05, 3.63) is 11.9 Å². The van der Waals surface area contributed by atoms with E-state index < -0.39 is 0 Å². The number of amides is 1. The lowest BCUT2D eigenvalue weighted by atomic mass is 10.4. The molecule has 1 aliphatic rings. The van der Waals surface area contributed by atoms with Crippen LogP contribution < -0.4 is 0 Å². The van der Waals surface area contributed by atoms with Crippen LogP contribution in [0.15, 0.2) is 6.20 Å². The Bertz CT molecular complexity index is 265. The minimum atomic E-state index is -0.235. The van der Waals surface area contributed by atoms with Gasteiger partial charge in [0.25, 0.3) is 5.91 Å². The molecule has 0 spiro atoms. The second kappa shape index (κ2) is 2.90. The molecular weight excluding hydrogens is 160 g/mol. The maximum atomic E-state index is 11.4. The maximum Gasteiger partial charge on any atom is 0.299 e. The van der Waals surface area contributed by atoms with E-state index in [1.165, 1.54) is 11.3 Å². The van der Waals surface area contributed by atoms with E-state index in [1.807, 2.05) is 0 Å². The number of nitrogens with one attached hydrogen (secondary N) is 1. The van der Waals surface area contributed by atoms with Crippen LogP contribution in [0, 0.1) is 0 Å². The van der Waals surface area contributed by atoms with E-state index in [4.69, 9.17) is 4.84 Å². The minimum Gasteiger partial charge on any atom is -0.271 e. The zero-order valence-electron chi connectivity index (χ0n) is 6.36. The van der Waals surface area contributed by atoms with Crippen molar-refractivity contribution >= 4 is 5.91 Å². The van der Waals surface area contributed by atoms with Crippen molar-refractivity contribution in [1.82, 2.24) is 20.5 Å². The first-order valence-corrected chi connectivity index (χ1v) is 3.68. The highest BCUT2D eigenvalue weighted by molar-refractivity contribution is 5.91. The molecule has 2 heterocycles. The summed E-state index contributed by atoms with van der Waals surface area (Å²) >= 11 is 0. The Morgan fingerprint density at radius 2 is 2.67 bits per heavy atom. The summed E-state index contributed by atoms with van der Waals surface area (Å²) in [4.78, 5) is 16.4. The molecule has 0 radical (unpaired) electrons. The van der Waals surface area contributed by atoms with Crippen LogP contribution in [0.3, 0.4) is 0 Å². The summed E-state index contributed by atoms with van der Waals surface area (Å²) in [5, 5.41) is 10.9. The van der Waals surface area contributed by atoms with Gasteiger partial charge in [0.1, 0.15) is 0 Å². The summed E-state index contributed by atoms with van der Waals surface area (Å²) in [7, 11) is 0. The molecule has 0 bridgehead atoms. The Morgan fingerprint density at radius 3 is 3.25 bits per heavy atom. The average Bonchev–Trinajstić information content (AvgIpc) is 2.77. The number of hydrogen-bond acceptors (Lipinski definition) is 4. The van der Waals surface area contributed by atoms with Crippen molar-refractivity contribution in [2.24, 2.45) is 0 Å². The Kier molecular flexibility index (Phi) is 1.75. The van der Waals surface area contributed by atoms with Crippen molar-refractivity contribution in [2.45, 2.75) is 6.42 Å². The molecule has 6 heteroatoms. The topological polar surface area (TPSA) is 71.1 Å². The number of hydrogen-bond donors (Lipinski definition) is 1. The monoisotopic (exact) mass is 168 g/mol. The molecule has 1 aliphatic heterocycles. The first-order chi connectivity index (χ1) is 5.88. The summed E-state index contributed by atoms with van der Waals surface area (Å²) in [6, 6.07) is 0. The third-order valence-corrected chi connectivity index (χ3v) is 1.61. The number of carbonyl (C=O) groups excluding carboxylic acids is 1. The van der Waals surface area contributed by atoms with E-state index in [0.717, 1.165) is 6.42 Å². The van der Waals surface area contributed by atoms with Gasteiger partial charge in [0.15, 0.2) is 5.69 Å². The van der Waals surface area contributed by atoms with Gasteiger partial charge in [-0.2, -0.15) is 15.4 Å². The second-order valence-corrected chi connectivity index (χ2v) is 2.45. The largest absolute Gasteiger partial charge is 0.299 e. The average molecular weight is 168 g/mol. The number of carbonyl (C=O) groups is 1. The molecule has 12 heavy (non-hydrogen) atoms. The van der Waals surface area contributed by atoms with Crippen LogP contribution in [0.5, 0.6) is 0 Å². The number of rotatable bonds is 1. The van der Waals surface area contributed by atoms with E-state index in [2.05, 4.69) is 15.4 Å². The molecule has 0 unspecified atom stereocenters. The fraction of sp³-hybridized carbons (Fsp3) is 0.500. The van der Waals surface area contributed by atoms with Gasteiger partial charge in [-0.3, -0.25) is 9.63 Å². The van der Waals surface area contributed by atoms with Crippen molar-refractivity contribution < 1.29 is 9.63 Å². The molecule has 1 fully saturated rings. The van der Waals surface area contributed by atoms with Crippen LogP contribution in [0.25, 0.3) is 0 Å². The lowest BCUT2D eigenvalue weighted by Crippen LogP contribution is -2.26. The Hall–Kier alpha value is -1.43. The van der Waals surface area contributed by atoms with Gasteiger partial charge in [-0.05, 0) is 6.42 Å². The van der Waals surface area contributed by atoms with E-state index in [-0.39, 0.29) is 11.6 Å². The van der Waals surface area contributed by atoms with Crippen LogP contribution in [0.4, 0.5) is 0 Å². The SMILES string of the molecule is O=C(c1cn[nH]n1)N1CCCO1. The Morgan fingerprint density at radius 1 is 1.75 bits per heavy atom. The lowest BCUT2D eigenvalue weighted by Gasteiger charge is -2.10. The lowest BCUT2D eigenvalue weighted by molar-refractivity contribution is -0.0771. The van der Waals surface area contributed by atoms with Gasteiger partial charge in [-0.25, -0.2) is 5.06 Å². The molecule has 1 amide bonds. The van der Waals surface area contributed by atoms with Gasteiger partial charge in [-0.1, -0.05) is 0 Å². The number of H-pyrrole nitrogens is 1. The maximum absolute atomic E-state index is 11.4. The minimum absolute atomic E-state index is 0.235. The quantitative estimate of drug-likeness (QED) is 0.618. The number of hydroxylamine groups is 2. The normalized spacial score (nSPS) is 16.8. The highest BCUT2D eigenvalue weighted by Crippen LogP contribution is 2.07.